The third-order valence-electron chi connectivity index (χ3n) is 30.0. The zero-order valence-electron chi connectivity index (χ0n) is 87.7. The van der Waals surface area contributed by atoms with Crippen molar-refractivity contribution in [3.05, 3.63) is 36.5 Å². The van der Waals surface area contributed by atoms with Gasteiger partial charge in [-0.3, -0.25) is 19.2 Å². The number of aliphatic hydroxyl groups is 6. The van der Waals surface area contributed by atoms with Crippen molar-refractivity contribution in [2.24, 2.45) is 40.9 Å². The lowest BCUT2D eigenvalue weighted by Crippen LogP contribution is -2.71. The van der Waals surface area contributed by atoms with E-state index in [9.17, 15) is 174 Å². The number of ether oxygens (including phenoxy) is 16. The maximum atomic E-state index is 14.0. The molecule has 8 fully saturated rings. The van der Waals surface area contributed by atoms with Crippen LogP contribution in [0.15, 0.2) is 36.5 Å². The van der Waals surface area contributed by atoms with Crippen molar-refractivity contribution in [3.63, 3.8) is 0 Å². The van der Waals surface area contributed by atoms with Crippen LogP contribution in [0.3, 0.4) is 0 Å². The molecule has 6 bridgehead atoms. The van der Waals surface area contributed by atoms with Crippen molar-refractivity contribution in [3.8, 4) is 0 Å². The molecule has 2 aliphatic carbocycles. The van der Waals surface area contributed by atoms with Gasteiger partial charge in [-0.15, -0.1) is 0 Å². The molecule has 54 heteroatoms. The third kappa shape index (κ3) is 24.5. The molecular weight excluding hydrogens is 2080 g/mol. The van der Waals surface area contributed by atoms with Gasteiger partial charge in [-0.05, 0) is 245 Å². The van der Waals surface area contributed by atoms with E-state index in [4.69, 9.17) is 75.8 Å². The van der Waals surface area contributed by atoms with E-state index >= 15 is 0 Å². The fourth-order valence-electron chi connectivity index (χ4n) is 20.9. The largest absolute Gasteiger partial charge is 0.460 e. The second kappa shape index (κ2) is 40.4. The summed E-state index contributed by atoms with van der Waals surface area (Å²) in [6, 6.07) is 0. The summed E-state index contributed by atoms with van der Waals surface area (Å²) in [6.07, 6.45) is -62.7. The zero-order chi connectivity index (χ0) is 117. The van der Waals surface area contributed by atoms with E-state index in [-0.39, 0.29) is 56.8 Å². The summed E-state index contributed by atoms with van der Waals surface area (Å²) in [5, 5.41) is 62.3. The molecule has 6 heterocycles. The molecule has 22 unspecified atom stereocenters. The van der Waals surface area contributed by atoms with Gasteiger partial charge in [0, 0.05) is 41.9 Å². The van der Waals surface area contributed by atoms with Crippen LogP contribution in [0.25, 0.3) is 0 Å². The van der Waals surface area contributed by atoms with Gasteiger partial charge >= 0.3 is 97.2 Å². The standard InChI is InChI=1S/2C32H43F9O11.C31H48F6O8/c1-14(2)20(42)49-17-15-12-28(19(47-15)18(17)50-22(28)44)21(43)48-16(13-23(3,4)51-25(7,8)27(11,45)30(33,34)35)24(5,6)52-26(9,10)29(46,31(36,37)38)32(39,40)41;1-13(2)21(42)49-19-17-15(16-18(48-17)20(19)50-23(16)44)22(43)47-14(12-24(3,4)51-26(7,8)28(11,45)30(33,34)35)25(5,6)52-27(9,10)29(46,31(36,37)38)32(39,40)41;1-16(2)23(39)42-15-20(38)43-19-14-17-13-18(19)22(25(5,6)45-27(9,10)29(12,41)31(35,36)37)21(17)24(3,4)44-26(7,8)28(11,40)30(32,33)34/h15-19,45-46H,1,12-13H2,2-11H3;14-20,45-46H,1,12H2,2-11H3;17-19,21-22,40-41H,1,13-15H2,2-12H3. The molecule has 6 aliphatic heterocycles. The van der Waals surface area contributed by atoms with Crippen LogP contribution in [0.1, 0.15) is 247 Å². The minimum absolute atomic E-state index is 0.0153. The smallest absolute Gasteiger partial charge is 0.429 e. The number of esters is 8. The normalized spacial score (nSPS) is 27.6. The lowest BCUT2D eigenvalue weighted by molar-refractivity contribution is -0.423. The highest BCUT2D eigenvalue weighted by Crippen LogP contribution is 2.65. The Balaban J connectivity index is 0.000000342. The molecule has 8 aliphatic rings. The zero-order valence-corrected chi connectivity index (χ0v) is 87.7. The number of carbonyl (C=O) groups excluding carboxylic acids is 8. The van der Waals surface area contributed by atoms with Crippen LogP contribution >= 0.6 is 0 Å². The first-order valence-corrected chi connectivity index (χ1v) is 46.4. The topological polar surface area (TPSA) is 406 Å². The molecule has 8 rings (SSSR count). The lowest BCUT2D eigenvalue weighted by Gasteiger charge is -2.55. The number of alkyl halides is 24. The second-order valence-electron chi connectivity index (χ2n) is 46.3. The second-order valence-corrected chi connectivity index (χ2v) is 46.3. The van der Waals surface area contributed by atoms with Gasteiger partial charge in [-0.1, -0.05) is 19.7 Å². The van der Waals surface area contributed by atoms with Crippen LogP contribution in [-0.4, -0.2) is 302 Å². The van der Waals surface area contributed by atoms with Gasteiger partial charge in [0.2, 0.25) is 0 Å². The molecule has 22 atom stereocenters. The Kier molecular flexibility index (Phi) is 35.4. The van der Waals surface area contributed by atoms with Gasteiger partial charge in [-0.25, -0.2) is 19.2 Å². The predicted molar refractivity (Wildman–Crippen MR) is 465 cm³/mol. The summed E-state index contributed by atoms with van der Waals surface area (Å²) >= 11 is 0. The van der Waals surface area contributed by atoms with E-state index in [2.05, 4.69) is 19.7 Å². The summed E-state index contributed by atoms with van der Waals surface area (Å²) in [5.41, 5.74) is -55.4. The number of hydrogen-bond donors (Lipinski definition) is 6. The van der Waals surface area contributed by atoms with Crippen molar-refractivity contribution in [2.75, 3.05) is 6.61 Å². The van der Waals surface area contributed by atoms with Gasteiger partial charge in [0.25, 0.3) is 11.2 Å². The SMILES string of the molecule is C=C(C)C(=O)OC1C2CC3(C(=O)OC(CC(C)(C)OC(C)(C)C(C)(O)C(F)(F)F)C(C)(C)OC(C)(C)C(O)(C(F)(F)F)C(F)(F)F)C(=O)OC1C3O2.C=C(C)C(=O)OC1C2OC(=O)C3C2OC1C3C(=O)OC(CC(C)(C)OC(C)(C)C(C)(O)C(F)(F)F)C(C)(C)OC(C)(C)C(O)(C(F)(F)F)C(F)(F)F.C=C(C)C(=O)OCC(=O)OC1CC2CC1C(C(C)(C)OC(C)(C)C(C)(O)C(F)(F)F)C2C(C)(C)OC(C)(C)C(C)(O)C(F)(F)F. The van der Waals surface area contributed by atoms with Crippen LogP contribution in [0, 0.1) is 40.9 Å². The van der Waals surface area contributed by atoms with Crippen molar-refractivity contribution < 1.29 is 250 Å². The third-order valence-corrected chi connectivity index (χ3v) is 30.0. The number of hydrogen-bond acceptors (Lipinski definition) is 30. The quantitative estimate of drug-likeness (QED) is 0.0110. The molecule has 30 nitrogen and oxygen atoms in total. The van der Waals surface area contributed by atoms with Crippen LogP contribution in [0.2, 0.25) is 0 Å². The maximum absolute atomic E-state index is 14.0. The summed E-state index contributed by atoms with van der Waals surface area (Å²) in [4.78, 5) is 103. The van der Waals surface area contributed by atoms with Crippen LogP contribution < -0.4 is 0 Å². The van der Waals surface area contributed by atoms with Gasteiger partial charge in [0.1, 0.15) is 99.4 Å². The molecule has 0 radical (unpaired) electrons. The molecule has 0 spiro atoms. The Morgan fingerprint density at radius 3 is 1.08 bits per heavy atom. The fraction of sp³-hybridized carbons (Fsp3) is 0.853. The molecule has 0 amide bonds. The van der Waals surface area contributed by atoms with Crippen LogP contribution in [-0.2, 0) is 114 Å². The highest BCUT2D eigenvalue weighted by molar-refractivity contribution is 6.04. The van der Waals surface area contributed by atoms with Crippen LogP contribution in [0.4, 0.5) is 105 Å². The summed E-state index contributed by atoms with van der Waals surface area (Å²) in [5.74, 6) is -13.8. The van der Waals surface area contributed by atoms with Crippen molar-refractivity contribution in [1.29, 1.82) is 0 Å². The van der Waals surface area contributed by atoms with Crippen molar-refractivity contribution >= 4 is 47.8 Å². The number of carbonyl (C=O) groups is 8. The number of rotatable bonds is 38. The molecule has 149 heavy (non-hydrogen) atoms. The molecule has 0 aromatic rings. The predicted octanol–water partition coefficient (Wildman–Crippen LogP) is 16.3. The van der Waals surface area contributed by atoms with E-state index in [0.29, 0.717) is 34.1 Å². The Morgan fingerprint density at radius 2 is 0.732 bits per heavy atom. The number of fused-ring (bicyclic) bond motifs is 4. The monoisotopic (exact) mass is 2210 g/mol. The summed E-state index contributed by atoms with van der Waals surface area (Å²) in [6.45, 7) is 38.8. The van der Waals surface area contributed by atoms with E-state index in [0.717, 1.165) is 111 Å². The number of halogens is 24. The maximum Gasteiger partial charge on any atom is 0.429 e. The fourth-order valence-corrected chi connectivity index (χ4v) is 20.9. The molecule has 0 aromatic heterocycles. The highest BCUT2D eigenvalue weighted by Gasteiger charge is 2.83. The summed E-state index contributed by atoms with van der Waals surface area (Å²) in [7, 11) is 0. The van der Waals surface area contributed by atoms with Gasteiger partial charge < -0.3 is 106 Å². The molecule has 0 aromatic carbocycles. The van der Waals surface area contributed by atoms with Gasteiger partial charge in [0.15, 0.2) is 58.8 Å². The first kappa shape index (κ1) is 130. The summed E-state index contributed by atoms with van der Waals surface area (Å²) < 4.78 is 423. The average Bonchev–Trinajstić information content (AvgIpc) is 1.52. The molecule has 6 saturated heterocycles. The van der Waals surface area contributed by atoms with E-state index in [1.807, 2.05) is 0 Å². The molecule has 862 valence electrons. The highest BCUT2D eigenvalue weighted by atomic mass is 19.4. The first-order valence-electron chi connectivity index (χ1n) is 46.4. The minimum atomic E-state index is -6.38. The molecule has 6 N–H and O–H groups in total. The molecule has 2 saturated carbocycles. The van der Waals surface area contributed by atoms with Crippen LogP contribution in [0.5, 0.6) is 0 Å². The van der Waals surface area contributed by atoms with Gasteiger partial charge in [0.05, 0.1) is 22.4 Å². The minimum Gasteiger partial charge on any atom is -0.460 e. The average molecular weight is 2210 g/mol. The Hall–Kier alpha value is -7.26. The Labute approximate surface area is 843 Å². The van der Waals surface area contributed by atoms with E-state index in [1.165, 1.54) is 34.6 Å². The lowest BCUT2D eigenvalue weighted by atomic mass is 9.64. The van der Waals surface area contributed by atoms with E-state index in [1.54, 1.807) is 13.8 Å². The van der Waals surface area contributed by atoms with Crippen molar-refractivity contribution in [2.45, 2.75) is 464 Å². The van der Waals surface area contributed by atoms with Gasteiger partial charge in [-0.2, -0.15) is 105 Å². The first-order chi connectivity index (χ1) is 65.4. The molecular formula is C95H134F24O30. The Morgan fingerprint density at radius 1 is 0.389 bits per heavy atom. The van der Waals surface area contributed by atoms with E-state index < -0.39 is 326 Å². The Bertz CT molecular complexity index is 4930. The van der Waals surface area contributed by atoms with Crippen molar-refractivity contribution in [1.82, 2.24) is 0 Å².